The molecule has 1 N–H and O–H groups in total. The summed E-state index contributed by atoms with van der Waals surface area (Å²) in [5, 5.41) is 3.33. The zero-order chi connectivity index (χ0) is 9.90. The monoisotopic (exact) mass is 184 g/mol. The summed E-state index contributed by atoms with van der Waals surface area (Å²) in [4.78, 5) is 13.6. The van der Waals surface area contributed by atoms with Crippen molar-refractivity contribution in [2.75, 3.05) is 27.2 Å². The molecule has 1 rings (SSSR count). The van der Waals surface area contributed by atoms with E-state index in [2.05, 4.69) is 12.2 Å². The predicted molar refractivity (Wildman–Crippen MR) is 53.5 cm³/mol. The molecule has 1 amide bonds. The molecule has 0 saturated carbocycles. The molecule has 0 aromatic carbocycles. The van der Waals surface area contributed by atoms with Crippen molar-refractivity contribution >= 4 is 5.91 Å². The molecule has 0 aliphatic carbocycles. The Balaban J connectivity index is 2.66. The number of hydrogen-bond donors (Lipinski definition) is 1. The molecule has 76 valence electrons. The smallest absolute Gasteiger partial charge is 0.228 e. The van der Waals surface area contributed by atoms with Crippen LogP contribution < -0.4 is 5.32 Å². The Morgan fingerprint density at radius 3 is 2.62 bits per heavy atom. The average Bonchev–Trinajstić information content (AvgIpc) is 2.29. The minimum atomic E-state index is -0.132. The molecule has 1 aliphatic rings. The first kappa shape index (κ1) is 10.5. The number of rotatable bonds is 1. The summed E-state index contributed by atoms with van der Waals surface area (Å²) in [5.41, 5.74) is -0.132. The van der Waals surface area contributed by atoms with Crippen LogP contribution in [-0.4, -0.2) is 38.0 Å². The minimum absolute atomic E-state index is 0.132. The lowest BCUT2D eigenvalue weighted by Gasteiger charge is -2.29. The van der Waals surface area contributed by atoms with Gasteiger partial charge in [0.15, 0.2) is 0 Å². The zero-order valence-corrected chi connectivity index (χ0v) is 8.89. The third kappa shape index (κ3) is 2.44. The highest BCUT2D eigenvalue weighted by molar-refractivity contribution is 5.81. The summed E-state index contributed by atoms with van der Waals surface area (Å²) in [7, 11) is 3.68. The SMILES string of the molecule is CN(C)C(=O)C1(C)CCCNCC1. The van der Waals surface area contributed by atoms with Crippen molar-refractivity contribution in [3.8, 4) is 0 Å². The van der Waals surface area contributed by atoms with E-state index in [1.54, 1.807) is 4.90 Å². The van der Waals surface area contributed by atoms with Crippen molar-refractivity contribution < 1.29 is 4.79 Å². The molecule has 0 radical (unpaired) electrons. The molecule has 0 spiro atoms. The molecule has 1 saturated heterocycles. The van der Waals surface area contributed by atoms with Crippen LogP contribution in [0, 0.1) is 5.41 Å². The molecule has 1 unspecified atom stereocenters. The summed E-state index contributed by atoms with van der Waals surface area (Å²) in [6.07, 6.45) is 3.08. The van der Waals surface area contributed by atoms with Gasteiger partial charge in [0.25, 0.3) is 0 Å². The lowest BCUT2D eigenvalue weighted by atomic mass is 9.81. The highest BCUT2D eigenvalue weighted by Gasteiger charge is 2.34. The Bertz CT molecular complexity index is 181. The molecular weight excluding hydrogens is 164 g/mol. The van der Waals surface area contributed by atoms with Gasteiger partial charge in [0.05, 0.1) is 0 Å². The van der Waals surface area contributed by atoms with E-state index in [1.165, 1.54) is 0 Å². The van der Waals surface area contributed by atoms with E-state index in [0.717, 1.165) is 32.4 Å². The van der Waals surface area contributed by atoms with Crippen LogP contribution in [0.25, 0.3) is 0 Å². The minimum Gasteiger partial charge on any atom is -0.348 e. The molecule has 3 nitrogen and oxygen atoms in total. The maximum Gasteiger partial charge on any atom is 0.228 e. The topological polar surface area (TPSA) is 32.3 Å². The van der Waals surface area contributed by atoms with Gasteiger partial charge in [0.2, 0.25) is 5.91 Å². The third-order valence-electron chi connectivity index (χ3n) is 2.86. The lowest BCUT2D eigenvalue weighted by Crippen LogP contribution is -2.38. The Hall–Kier alpha value is -0.570. The summed E-state index contributed by atoms with van der Waals surface area (Å²) >= 11 is 0. The second-order valence-electron chi connectivity index (χ2n) is 4.36. The van der Waals surface area contributed by atoms with Gasteiger partial charge in [-0.3, -0.25) is 4.79 Å². The first-order valence-corrected chi connectivity index (χ1v) is 4.99. The van der Waals surface area contributed by atoms with Crippen LogP contribution in [0.1, 0.15) is 26.2 Å². The highest BCUT2D eigenvalue weighted by atomic mass is 16.2. The Kier molecular flexibility index (Phi) is 3.31. The zero-order valence-electron chi connectivity index (χ0n) is 8.89. The molecule has 0 aromatic heterocycles. The van der Waals surface area contributed by atoms with E-state index >= 15 is 0 Å². The fourth-order valence-electron chi connectivity index (χ4n) is 1.97. The van der Waals surface area contributed by atoms with Crippen LogP contribution in [0.3, 0.4) is 0 Å². The molecule has 0 aromatic rings. The molecule has 1 fully saturated rings. The van der Waals surface area contributed by atoms with Gasteiger partial charge in [-0.2, -0.15) is 0 Å². The maximum atomic E-state index is 11.9. The summed E-state index contributed by atoms with van der Waals surface area (Å²) < 4.78 is 0. The molecule has 1 aliphatic heterocycles. The summed E-state index contributed by atoms with van der Waals surface area (Å²) in [6, 6.07) is 0. The standard InChI is InChI=1S/C10H20N2O/c1-10(9(13)12(2)3)5-4-7-11-8-6-10/h11H,4-8H2,1-3H3. The van der Waals surface area contributed by atoms with Crippen molar-refractivity contribution in [1.82, 2.24) is 10.2 Å². The number of amides is 1. The van der Waals surface area contributed by atoms with Gasteiger partial charge in [-0.15, -0.1) is 0 Å². The number of carbonyl (C=O) groups is 1. The van der Waals surface area contributed by atoms with Gasteiger partial charge in [-0.25, -0.2) is 0 Å². The Morgan fingerprint density at radius 1 is 1.31 bits per heavy atom. The first-order chi connectivity index (χ1) is 6.06. The van der Waals surface area contributed by atoms with Gasteiger partial charge in [0.1, 0.15) is 0 Å². The van der Waals surface area contributed by atoms with Crippen molar-refractivity contribution in [2.45, 2.75) is 26.2 Å². The second kappa shape index (κ2) is 4.09. The van der Waals surface area contributed by atoms with E-state index in [1.807, 2.05) is 14.1 Å². The second-order valence-corrected chi connectivity index (χ2v) is 4.36. The van der Waals surface area contributed by atoms with Gasteiger partial charge in [0, 0.05) is 19.5 Å². The number of nitrogens with one attached hydrogen (secondary N) is 1. The molecule has 13 heavy (non-hydrogen) atoms. The van der Waals surface area contributed by atoms with Gasteiger partial charge in [-0.1, -0.05) is 6.92 Å². The van der Waals surface area contributed by atoms with Crippen molar-refractivity contribution in [1.29, 1.82) is 0 Å². The van der Waals surface area contributed by atoms with Crippen LogP contribution in [0.15, 0.2) is 0 Å². The molecule has 3 heteroatoms. The third-order valence-corrected chi connectivity index (χ3v) is 2.86. The Labute approximate surface area is 80.5 Å². The van der Waals surface area contributed by atoms with E-state index in [-0.39, 0.29) is 11.3 Å². The van der Waals surface area contributed by atoms with Crippen LogP contribution >= 0.6 is 0 Å². The average molecular weight is 184 g/mol. The van der Waals surface area contributed by atoms with E-state index in [9.17, 15) is 4.79 Å². The highest BCUT2D eigenvalue weighted by Crippen LogP contribution is 2.30. The largest absolute Gasteiger partial charge is 0.348 e. The van der Waals surface area contributed by atoms with Crippen LogP contribution in [0.2, 0.25) is 0 Å². The molecule has 1 atom stereocenters. The van der Waals surface area contributed by atoms with E-state index in [4.69, 9.17) is 0 Å². The molecule has 1 heterocycles. The molecular formula is C10H20N2O. The van der Waals surface area contributed by atoms with Gasteiger partial charge < -0.3 is 10.2 Å². The quantitative estimate of drug-likeness (QED) is 0.655. The number of nitrogens with zero attached hydrogens (tertiary/aromatic N) is 1. The summed E-state index contributed by atoms with van der Waals surface area (Å²) in [5.74, 6) is 0.274. The number of carbonyl (C=O) groups excluding carboxylic acids is 1. The predicted octanol–water partition coefficient (Wildman–Crippen LogP) is 0.854. The van der Waals surface area contributed by atoms with Crippen molar-refractivity contribution in [3.63, 3.8) is 0 Å². The van der Waals surface area contributed by atoms with E-state index < -0.39 is 0 Å². The van der Waals surface area contributed by atoms with E-state index in [0.29, 0.717) is 0 Å². The Morgan fingerprint density at radius 2 is 2.00 bits per heavy atom. The summed E-state index contributed by atoms with van der Waals surface area (Å²) in [6.45, 7) is 4.11. The maximum absolute atomic E-state index is 11.9. The number of hydrogen-bond acceptors (Lipinski definition) is 2. The van der Waals surface area contributed by atoms with Crippen LogP contribution in [0.4, 0.5) is 0 Å². The van der Waals surface area contributed by atoms with Crippen LogP contribution in [-0.2, 0) is 4.79 Å². The van der Waals surface area contributed by atoms with Crippen molar-refractivity contribution in [3.05, 3.63) is 0 Å². The normalized spacial score (nSPS) is 29.5. The van der Waals surface area contributed by atoms with Gasteiger partial charge >= 0.3 is 0 Å². The van der Waals surface area contributed by atoms with Gasteiger partial charge in [-0.05, 0) is 32.4 Å². The first-order valence-electron chi connectivity index (χ1n) is 4.99. The van der Waals surface area contributed by atoms with Crippen molar-refractivity contribution in [2.24, 2.45) is 5.41 Å². The fourth-order valence-corrected chi connectivity index (χ4v) is 1.97. The molecule has 0 bridgehead atoms. The lowest BCUT2D eigenvalue weighted by molar-refractivity contribution is -0.139. The fraction of sp³-hybridized carbons (Fsp3) is 0.900. The van der Waals surface area contributed by atoms with Crippen LogP contribution in [0.5, 0.6) is 0 Å².